The van der Waals surface area contributed by atoms with Gasteiger partial charge in [0, 0.05) is 35.5 Å². The zero-order valence-electron chi connectivity index (χ0n) is 12.8. The molecule has 0 saturated carbocycles. The van der Waals surface area contributed by atoms with Gasteiger partial charge in [-0.3, -0.25) is 0 Å². The Morgan fingerprint density at radius 3 is 2.61 bits per heavy atom. The number of sulfone groups is 1. The highest BCUT2D eigenvalue weighted by Gasteiger charge is 2.25. The van der Waals surface area contributed by atoms with E-state index in [0.29, 0.717) is 16.5 Å². The molecule has 1 N–H and O–H groups in total. The summed E-state index contributed by atoms with van der Waals surface area (Å²) in [5.41, 5.74) is 1.43. The Labute approximate surface area is 141 Å². The molecule has 1 aliphatic heterocycles. The number of halogens is 1. The second-order valence-electron chi connectivity index (χ2n) is 5.77. The van der Waals surface area contributed by atoms with Crippen molar-refractivity contribution >= 4 is 21.4 Å². The topological polar surface area (TPSA) is 72.0 Å². The smallest absolute Gasteiger partial charge is 0.178 e. The summed E-state index contributed by atoms with van der Waals surface area (Å²) in [5.74, 6) is 0.608. The van der Waals surface area contributed by atoms with Gasteiger partial charge in [-0.25, -0.2) is 18.4 Å². The fraction of sp³-hybridized carbons (Fsp3) is 0.375. The number of rotatable bonds is 3. The fourth-order valence-corrected chi connectivity index (χ4v) is 3.75. The highest BCUT2D eigenvalue weighted by molar-refractivity contribution is 7.90. The molecule has 1 fully saturated rings. The van der Waals surface area contributed by atoms with Crippen LogP contribution in [0.2, 0.25) is 5.02 Å². The van der Waals surface area contributed by atoms with E-state index in [4.69, 9.17) is 11.6 Å². The summed E-state index contributed by atoms with van der Waals surface area (Å²) in [6, 6.07) is 7.21. The van der Waals surface area contributed by atoms with Crippen molar-refractivity contribution in [3.8, 4) is 11.4 Å². The lowest BCUT2D eigenvalue weighted by atomic mass is 9.96. The summed E-state index contributed by atoms with van der Waals surface area (Å²) in [5, 5.41) is 3.94. The largest absolute Gasteiger partial charge is 0.316 e. The molecular weight excluding hydrogens is 334 g/mol. The molecular formula is C16H18ClN3O2S. The molecule has 2 aromatic rings. The predicted molar refractivity (Wildman–Crippen MR) is 90.4 cm³/mol. The lowest BCUT2D eigenvalue weighted by Gasteiger charge is -2.24. The molecule has 0 bridgehead atoms. The van der Waals surface area contributed by atoms with Gasteiger partial charge in [0.2, 0.25) is 0 Å². The first-order valence-electron chi connectivity index (χ1n) is 7.49. The van der Waals surface area contributed by atoms with Crippen LogP contribution in [0.1, 0.15) is 24.5 Å². The fourth-order valence-electron chi connectivity index (χ4n) is 2.79. The lowest BCUT2D eigenvalue weighted by molar-refractivity contribution is 0.448. The van der Waals surface area contributed by atoms with Gasteiger partial charge in [-0.2, -0.15) is 0 Å². The maximum Gasteiger partial charge on any atom is 0.178 e. The summed E-state index contributed by atoms with van der Waals surface area (Å²) >= 11 is 5.91. The molecule has 5 nitrogen and oxygen atoms in total. The summed E-state index contributed by atoms with van der Waals surface area (Å²) < 4.78 is 24.1. The monoisotopic (exact) mass is 351 g/mol. The van der Waals surface area contributed by atoms with Gasteiger partial charge < -0.3 is 5.32 Å². The molecule has 0 unspecified atom stereocenters. The Balaban J connectivity index is 2.08. The second kappa shape index (κ2) is 6.55. The van der Waals surface area contributed by atoms with Gasteiger partial charge in [0.1, 0.15) is 4.90 Å². The van der Waals surface area contributed by atoms with E-state index >= 15 is 0 Å². The molecule has 23 heavy (non-hydrogen) atoms. The van der Waals surface area contributed by atoms with E-state index in [9.17, 15) is 8.42 Å². The van der Waals surface area contributed by atoms with Crippen LogP contribution in [0.15, 0.2) is 35.4 Å². The standard InChI is InChI=1S/C16H18ClN3O2S/c1-23(21,22)14-10-19-16(11-4-6-13(17)7-5-11)20-15(14)12-3-2-8-18-9-12/h4-7,10,12,18H,2-3,8-9H2,1H3/t12-/m0/s1. The Morgan fingerprint density at radius 1 is 1.26 bits per heavy atom. The molecule has 1 aliphatic rings. The van der Waals surface area contributed by atoms with Crippen LogP contribution in [0.3, 0.4) is 0 Å². The number of nitrogens with zero attached hydrogens (tertiary/aromatic N) is 2. The van der Waals surface area contributed by atoms with Crippen LogP contribution in [-0.2, 0) is 9.84 Å². The van der Waals surface area contributed by atoms with Gasteiger partial charge in [0.25, 0.3) is 0 Å². The van der Waals surface area contributed by atoms with Crippen LogP contribution >= 0.6 is 11.6 Å². The van der Waals surface area contributed by atoms with Gasteiger partial charge in [-0.15, -0.1) is 0 Å². The Morgan fingerprint density at radius 2 is 2.00 bits per heavy atom. The number of hydrogen-bond acceptors (Lipinski definition) is 5. The average Bonchev–Trinajstić information content (AvgIpc) is 2.55. The third-order valence-electron chi connectivity index (χ3n) is 3.97. The van der Waals surface area contributed by atoms with Crippen molar-refractivity contribution in [2.75, 3.05) is 19.3 Å². The van der Waals surface area contributed by atoms with Gasteiger partial charge in [-0.1, -0.05) is 11.6 Å². The summed E-state index contributed by atoms with van der Waals surface area (Å²) in [4.78, 5) is 9.06. The van der Waals surface area contributed by atoms with Crippen LogP contribution in [0.25, 0.3) is 11.4 Å². The number of nitrogens with one attached hydrogen (secondary N) is 1. The molecule has 2 heterocycles. The number of aromatic nitrogens is 2. The maximum absolute atomic E-state index is 12.1. The molecule has 0 aliphatic carbocycles. The van der Waals surface area contributed by atoms with E-state index < -0.39 is 9.84 Å². The van der Waals surface area contributed by atoms with Crippen LogP contribution in [-0.4, -0.2) is 37.7 Å². The molecule has 1 aromatic carbocycles. The average molecular weight is 352 g/mol. The zero-order chi connectivity index (χ0) is 16.4. The maximum atomic E-state index is 12.1. The van der Waals surface area contributed by atoms with Crippen molar-refractivity contribution in [1.29, 1.82) is 0 Å². The SMILES string of the molecule is CS(=O)(=O)c1cnc(-c2ccc(Cl)cc2)nc1[C@H]1CCCNC1. The first kappa shape index (κ1) is 16.4. The van der Waals surface area contributed by atoms with Crippen molar-refractivity contribution in [3.63, 3.8) is 0 Å². The molecule has 122 valence electrons. The Bertz CT molecular complexity index is 801. The Kier molecular flexibility index (Phi) is 4.66. The second-order valence-corrected chi connectivity index (χ2v) is 8.19. The van der Waals surface area contributed by atoms with Gasteiger partial charge in [0.05, 0.1) is 5.69 Å². The summed E-state index contributed by atoms with van der Waals surface area (Å²) in [6.07, 6.45) is 4.56. The summed E-state index contributed by atoms with van der Waals surface area (Å²) in [6.45, 7) is 1.69. The first-order chi connectivity index (χ1) is 10.9. The highest BCUT2D eigenvalue weighted by Crippen LogP contribution is 2.29. The van der Waals surface area contributed by atoms with Crippen molar-refractivity contribution < 1.29 is 8.42 Å². The van der Waals surface area contributed by atoms with Gasteiger partial charge >= 0.3 is 0 Å². The highest BCUT2D eigenvalue weighted by atomic mass is 35.5. The zero-order valence-corrected chi connectivity index (χ0v) is 14.4. The van der Waals surface area contributed by atoms with Gasteiger partial charge in [0.15, 0.2) is 15.7 Å². The van der Waals surface area contributed by atoms with Crippen molar-refractivity contribution in [2.45, 2.75) is 23.7 Å². The van der Waals surface area contributed by atoms with Gasteiger partial charge in [-0.05, 0) is 43.7 Å². The van der Waals surface area contributed by atoms with Crippen LogP contribution < -0.4 is 5.32 Å². The minimum Gasteiger partial charge on any atom is -0.316 e. The van der Waals surface area contributed by atoms with E-state index in [2.05, 4.69) is 15.3 Å². The minimum absolute atomic E-state index is 0.0857. The molecule has 1 saturated heterocycles. The van der Waals surface area contributed by atoms with Crippen molar-refractivity contribution in [2.24, 2.45) is 0 Å². The molecule has 3 rings (SSSR count). The van der Waals surface area contributed by atoms with E-state index in [-0.39, 0.29) is 10.8 Å². The summed E-state index contributed by atoms with van der Waals surface area (Å²) in [7, 11) is -3.36. The van der Waals surface area contributed by atoms with Crippen molar-refractivity contribution in [3.05, 3.63) is 41.2 Å². The molecule has 1 atom stereocenters. The molecule has 1 aromatic heterocycles. The first-order valence-corrected chi connectivity index (χ1v) is 9.76. The predicted octanol–water partition coefficient (Wildman–Crippen LogP) is 2.67. The molecule has 0 spiro atoms. The lowest BCUT2D eigenvalue weighted by Crippen LogP contribution is -2.30. The number of piperidine rings is 1. The van der Waals surface area contributed by atoms with E-state index in [0.717, 1.165) is 31.5 Å². The van der Waals surface area contributed by atoms with Crippen LogP contribution in [0.4, 0.5) is 0 Å². The quantitative estimate of drug-likeness (QED) is 0.920. The van der Waals surface area contributed by atoms with Crippen molar-refractivity contribution in [1.82, 2.24) is 15.3 Å². The molecule has 0 radical (unpaired) electrons. The third-order valence-corrected chi connectivity index (χ3v) is 5.33. The number of hydrogen-bond donors (Lipinski definition) is 1. The minimum atomic E-state index is -3.36. The van der Waals surface area contributed by atoms with Crippen LogP contribution in [0, 0.1) is 0 Å². The third kappa shape index (κ3) is 3.71. The molecule has 0 amide bonds. The normalized spacial score (nSPS) is 18.8. The van der Waals surface area contributed by atoms with E-state index in [1.165, 1.54) is 12.5 Å². The Hall–Kier alpha value is -1.50. The van der Waals surface area contributed by atoms with E-state index in [1.54, 1.807) is 12.1 Å². The molecule has 7 heteroatoms. The van der Waals surface area contributed by atoms with Crippen LogP contribution in [0.5, 0.6) is 0 Å². The number of benzene rings is 1. The van der Waals surface area contributed by atoms with E-state index in [1.807, 2.05) is 12.1 Å².